The van der Waals surface area contributed by atoms with Crippen LogP contribution in [0.5, 0.6) is 0 Å². The molecule has 0 unspecified atom stereocenters. The molecule has 1 aromatic carbocycles. The number of amides is 1. The van der Waals surface area contributed by atoms with Crippen molar-refractivity contribution >= 4 is 91.7 Å². The Morgan fingerprint density at radius 3 is 2.73 bits per heavy atom. The second kappa shape index (κ2) is 13.2. The number of Topliss-reactive ketones (excluding diaryl/α,β-unsaturated/α-hetero) is 1. The molecule has 1 saturated heterocycles. The summed E-state index contributed by atoms with van der Waals surface area (Å²) in [6, 6.07) is 8.00. The van der Waals surface area contributed by atoms with E-state index in [1.165, 1.54) is 29.8 Å². The summed E-state index contributed by atoms with van der Waals surface area (Å²) in [7, 11) is 1.25. The number of thiazole rings is 1. The molecular formula is C30H25Cl2FN8O5S2. The normalized spacial score (nSPS) is 17.8. The number of nitrogens with two attached hydrogens (primary N) is 2. The van der Waals surface area contributed by atoms with Crippen LogP contribution in [0.2, 0.25) is 9.36 Å². The first-order valence-corrected chi connectivity index (χ1v) is 16.8. The molecule has 0 radical (unpaired) electrons. The molecule has 6 rings (SSSR count). The minimum Gasteiger partial charge on any atom is -0.543 e. The van der Waals surface area contributed by atoms with Crippen molar-refractivity contribution in [2.45, 2.75) is 24.9 Å². The number of pyridine rings is 1. The Hall–Kier alpha value is -4.51. The second-order valence-corrected chi connectivity index (χ2v) is 14.0. The van der Waals surface area contributed by atoms with Crippen molar-refractivity contribution in [3.8, 4) is 0 Å². The molecule has 4 aromatic rings. The van der Waals surface area contributed by atoms with Crippen LogP contribution in [-0.2, 0) is 32.3 Å². The molecule has 5 heterocycles. The van der Waals surface area contributed by atoms with Gasteiger partial charge in [0.25, 0.3) is 0 Å². The molecule has 2 aliphatic heterocycles. The molecular weight excluding hydrogens is 706 g/mol. The number of hydrogen-bond donors (Lipinski definition) is 3. The molecule has 2 aliphatic rings. The van der Waals surface area contributed by atoms with Crippen LogP contribution in [0, 0.1) is 17.1 Å². The highest BCUT2D eigenvalue weighted by Gasteiger charge is 2.53. The standard InChI is InChI=1S/C30H25Cl2FN8O5S2/c1-46-38-22(23-25(32)48-30(36)37-23)21(42)9-15-27(43)41-24(29(44)45)14(12-47-28(15)41)10-39-5-2-3-19-20(39)4-6-40(19)11-16-17(31)7-13(26(34)35)8-18(16)33/h2-8,15,28H,9-12H2,1H3,(H5-,34,35,36,37,44,45)/b38-22+/t15-,28-/m1/s1. The molecule has 18 heteroatoms. The minimum absolute atomic E-state index is 0.0442. The van der Waals surface area contributed by atoms with E-state index in [9.17, 15) is 23.9 Å². The zero-order chi connectivity index (χ0) is 34.4. The topological polar surface area (TPSA) is 197 Å². The Bertz CT molecular complexity index is 2070. The molecule has 1 fully saturated rings. The van der Waals surface area contributed by atoms with Crippen LogP contribution in [0.1, 0.15) is 23.2 Å². The van der Waals surface area contributed by atoms with Crippen molar-refractivity contribution in [2.24, 2.45) is 16.8 Å². The first-order valence-electron chi connectivity index (χ1n) is 14.1. The van der Waals surface area contributed by atoms with E-state index >= 15 is 0 Å². The van der Waals surface area contributed by atoms with Gasteiger partial charge >= 0.3 is 0 Å². The molecule has 48 heavy (non-hydrogen) atoms. The average Bonchev–Trinajstić information content (AvgIpc) is 3.61. The number of nitrogens with zero attached hydrogens (tertiary/aromatic N) is 5. The number of carbonyl (C=O) groups is 3. The van der Waals surface area contributed by atoms with Crippen molar-refractivity contribution < 1.29 is 33.3 Å². The summed E-state index contributed by atoms with van der Waals surface area (Å²) in [5.74, 6) is -4.08. The molecule has 1 amide bonds. The van der Waals surface area contributed by atoms with Crippen LogP contribution in [0.15, 0.2) is 59.2 Å². The Kier molecular flexibility index (Phi) is 9.17. The van der Waals surface area contributed by atoms with E-state index in [0.717, 1.165) is 28.4 Å². The molecule has 0 saturated carbocycles. The van der Waals surface area contributed by atoms with E-state index in [0.29, 0.717) is 5.57 Å². The van der Waals surface area contributed by atoms with E-state index in [1.54, 1.807) is 29.1 Å². The zero-order valence-electron chi connectivity index (χ0n) is 24.9. The number of oxime groups is 1. The van der Waals surface area contributed by atoms with E-state index in [1.807, 2.05) is 10.6 Å². The minimum atomic E-state index is -1.51. The predicted octanol–water partition coefficient (Wildman–Crippen LogP) is 2.29. The van der Waals surface area contributed by atoms with Gasteiger partial charge in [-0.3, -0.25) is 19.9 Å². The van der Waals surface area contributed by atoms with Gasteiger partial charge in [0.2, 0.25) is 11.4 Å². The number of carboxylic acids is 1. The molecule has 2 atom stereocenters. The van der Waals surface area contributed by atoms with E-state index in [4.69, 9.17) is 44.9 Å². The highest BCUT2D eigenvalue weighted by atomic mass is 35.5. The molecule has 5 N–H and O–H groups in total. The van der Waals surface area contributed by atoms with Gasteiger partial charge < -0.3 is 30.8 Å². The van der Waals surface area contributed by atoms with Crippen molar-refractivity contribution in [3.05, 3.63) is 86.0 Å². The predicted molar refractivity (Wildman–Crippen MR) is 177 cm³/mol. The maximum absolute atomic E-state index is 14.9. The fraction of sp³-hybridized carbons (Fsp3) is 0.233. The number of nitrogen functional groups attached to an aromatic ring is 2. The van der Waals surface area contributed by atoms with Gasteiger partial charge in [-0.25, -0.2) is 9.37 Å². The van der Waals surface area contributed by atoms with Gasteiger partial charge in [-0.15, -0.1) is 11.8 Å². The Labute approximate surface area is 290 Å². The zero-order valence-corrected chi connectivity index (χ0v) is 28.1. The number of nitrogens with one attached hydrogen (secondary N) is 1. The number of fused-ring (bicyclic) bond motifs is 2. The summed E-state index contributed by atoms with van der Waals surface area (Å²) >= 11 is 14.8. The van der Waals surface area contributed by atoms with Crippen LogP contribution in [0.25, 0.3) is 11.0 Å². The molecule has 248 valence electrons. The lowest BCUT2D eigenvalue weighted by molar-refractivity contribution is -0.663. The van der Waals surface area contributed by atoms with Crippen LogP contribution in [0.3, 0.4) is 0 Å². The quantitative estimate of drug-likeness (QED) is 0.0682. The average molecular weight is 732 g/mol. The van der Waals surface area contributed by atoms with Crippen molar-refractivity contribution in [1.82, 2.24) is 14.5 Å². The summed E-state index contributed by atoms with van der Waals surface area (Å²) < 4.78 is 18.7. The second-order valence-electron chi connectivity index (χ2n) is 10.9. The van der Waals surface area contributed by atoms with Crippen LogP contribution in [0.4, 0.5) is 9.52 Å². The number of anilines is 1. The highest BCUT2D eigenvalue weighted by Crippen LogP contribution is 2.45. The van der Waals surface area contributed by atoms with Gasteiger partial charge in [0.05, 0.1) is 29.5 Å². The lowest BCUT2D eigenvalue weighted by Gasteiger charge is -2.50. The number of halogens is 3. The molecule has 13 nitrogen and oxygen atoms in total. The summed E-state index contributed by atoms with van der Waals surface area (Å²) in [5, 5.41) is 23.4. The first-order chi connectivity index (χ1) is 22.9. The lowest BCUT2D eigenvalue weighted by atomic mass is 9.89. The van der Waals surface area contributed by atoms with Gasteiger partial charge in [0, 0.05) is 52.2 Å². The Morgan fingerprint density at radius 2 is 2.08 bits per heavy atom. The third-order valence-electron chi connectivity index (χ3n) is 7.98. The van der Waals surface area contributed by atoms with Crippen LogP contribution >= 0.6 is 46.3 Å². The van der Waals surface area contributed by atoms with Gasteiger partial charge in [-0.1, -0.05) is 39.7 Å². The van der Waals surface area contributed by atoms with E-state index < -0.39 is 34.8 Å². The Balaban J connectivity index is 1.24. The number of hydrogen-bond acceptors (Lipinski definition) is 11. The molecule has 0 bridgehead atoms. The van der Waals surface area contributed by atoms with E-state index in [-0.39, 0.29) is 73.8 Å². The van der Waals surface area contributed by atoms with Crippen LogP contribution < -0.4 is 21.1 Å². The van der Waals surface area contributed by atoms with Crippen molar-refractivity contribution in [2.75, 3.05) is 18.6 Å². The first kappa shape index (κ1) is 33.4. The number of amidine groups is 1. The van der Waals surface area contributed by atoms with Gasteiger partial charge in [-0.05, 0) is 18.2 Å². The third-order valence-corrected chi connectivity index (χ3v) is 10.8. The third kappa shape index (κ3) is 6.00. The summed E-state index contributed by atoms with van der Waals surface area (Å²) in [6.45, 7) is 0.205. The lowest BCUT2D eigenvalue weighted by Crippen LogP contribution is -2.63. The number of rotatable bonds is 11. The van der Waals surface area contributed by atoms with Crippen molar-refractivity contribution in [1.29, 1.82) is 5.41 Å². The number of carboxylic acid groups (broad SMARTS) is 1. The number of thioether (sulfide) groups is 1. The monoisotopic (exact) mass is 730 g/mol. The number of benzene rings is 1. The smallest absolute Gasteiger partial charge is 0.234 e. The summed E-state index contributed by atoms with van der Waals surface area (Å²) in [4.78, 5) is 49.1. The number of carbonyl (C=O) groups excluding carboxylic acids is 3. The fourth-order valence-corrected chi connectivity index (χ4v) is 8.38. The molecule has 3 aromatic heterocycles. The van der Waals surface area contributed by atoms with Gasteiger partial charge in [0.1, 0.15) is 34.3 Å². The number of aromatic nitrogens is 3. The summed E-state index contributed by atoms with van der Waals surface area (Å²) in [5.41, 5.74) is 13.1. The SMILES string of the molecule is CO/N=C(\C(=O)C[C@@H]1C(=O)N2C(C(=O)[O-])=C(C[n+]3cccc4c3ccn4Cc3c(F)cc(C(=N)N)cc3Cl)CS[C@H]12)c1nc(N)sc1Cl. The highest BCUT2D eigenvalue weighted by molar-refractivity contribution is 8.00. The number of aliphatic carboxylic acids is 1. The molecule has 0 spiro atoms. The maximum Gasteiger partial charge on any atom is 0.234 e. The van der Waals surface area contributed by atoms with Gasteiger partial charge in [-0.2, -0.15) is 4.57 Å². The Morgan fingerprint density at radius 1 is 1.31 bits per heavy atom. The van der Waals surface area contributed by atoms with Crippen LogP contribution in [-0.4, -0.2) is 61.9 Å². The van der Waals surface area contributed by atoms with Crippen molar-refractivity contribution in [3.63, 3.8) is 0 Å². The maximum atomic E-state index is 14.9. The van der Waals surface area contributed by atoms with E-state index in [2.05, 4.69) is 10.1 Å². The fourth-order valence-electron chi connectivity index (χ4n) is 5.78. The summed E-state index contributed by atoms with van der Waals surface area (Å²) in [6.07, 6.45) is 3.25. The van der Waals surface area contributed by atoms with Gasteiger partial charge in [0.15, 0.2) is 29.4 Å². The largest absolute Gasteiger partial charge is 0.543 e. The number of β-lactam (4-membered cyclic amide) rings is 1. The number of ketones is 1. The molecule has 0 aliphatic carbocycles.